The van der Waals surface area contributed by atoms with Crippen molar-refractivity contribution in [3.8, 4) is 5.69 Å². The molecule has 0 aliphatic rings. The van der Waals surface area contributed by atoms with E-state index in [9.17, 15) is 4.79 Å². The van der Waals surface area contributed by atoms with Crippen molar-refractivity contribution in [3.63, 3.8) is 0 Å². The molecule has 0 saturated heterocycles. The van der Waals surface area contributed by atoms with Crippen LogP contribution in [0.25, 0.3) is 22.8 Å². The van der Waals surface area contributed by atoms with Gasteiger partial charge in [-0.1, -0.05) is 30.3 Å². The number of aromatic nitrogens is 3. The summed E-state index contributed by atoms with van der Waals surface area (Å²) in [6.07, 6.45) is 8.45. The molecule has 0 unspecified atom stereocenters. The first kappa shape index (κ1) is 15.0. The molecular formula is C21H15N3O. The fourth-order valence-electron chi connectivity index (χ4n) is 2.70. The molecular weight excluding hydrogens is 310 g/mol. The Morgan fingerprint density at radius 1 is 0.920 bits per heavy atom. The number of hydrogen-bond donors (Lipinski definition) is 0. The molecule has 0 aliphatic carbocycles. The zero-order valence-electron chi connectivity index (χ0n) is 13.4. The molecule has 0 bridgehead atoms. The van der Waals surface area contributed by atoms with Crippen LogP contribution in [-0.4, -0.2) is 20.3 Å². The summed E-state index contributed by atoms with van der Waals surface area (Å²) in [7, 11) is 0. The first-order valence-electron chi connectivity index (χ1n) is 7.96. The van der Waals surface area contributed by atoms with Gasteiger partial charge in [0.1, 0.15) is 6.33 Å². The van der Waals surface area contributed by atoms with Crippen molar-refractivity contribution in [3.05, 3.63) is 96.6 Å². The molecule has 0 spiro atoms. The van der Waals surface area contributed by atoms with E-state index in [1.54, 1.807) is 30.6 Å². The van der Waals surface area contributed by atoms with E-state index in [4.69, 9.17) is 0 Å². The summed E-state index contributed by atoms with van der Waals surface area (Å²) >= 11 is 0. The van der Waals surface area contributed by atoms with E-state index < -0.39 is 0 Å². The lowest BCUT2D eigenvalue weighted by Gasteiger charge is -2.04. The number of rotatable bonds is 4. The second-order valence-electron chi connectivity index (χ2n) is 5.63. The van der Waals surface area contributed by atoms with E-state index in [-0.39, 0.29) is 5.78 Å². The summed E-state index contributed by atoms with van der Waals surface area (Å²) < 4.78 is 2.05. The maximum absolute atomic E-state index is 12.1. The number of pyridine rings is 1. The van der Waals surface area contributed by atoms with Crippen molar-refractivity contribution in [2.24, 2.45) is 0 Å². The second-order valence-corrected chi connectivity index (χ2v) is 5.63. The number of fused-ring (bicyclic) bond motifs is 1. The van der Waals surface area contributed by atoms with Gasteiger partial charge < -0.3 is 0 Å². The third-order valence-electron chi connectivity index (χ3n) is 4.02. The van der Waals surface area contributed by atoms with Crippen LogP contribution in [0.5, 0.6) is 0 Å². The van der Waals surface area contributed by atoms with E-state index in [2.05, 4.69) is 9.97 Å². The molecule has 4 heteroatoms. The van der Waals surface area contributed by atoms with Crippen molar-refractivity contribution in [2.75, 3.05) is 0 Å². The van der Waals surface area contributed by atoms with Crippen LogP contribution in [0, 0.1) is 0 Å². The van der Waals surface area contributed by atoms with E-state index in [0.717, 1.165) is 22.3 Å². The predicted octanol–water partition coefficient (Wildman–Crippen LogP) is 4.32. The van der Waals surface area contributed by atoms with Gasteiger partial charge in [-0.2, -0.15) is 0 Å². The molecule has 0 fully saturated rings. The van der Waals surface area contributed by atoms with Gasteiger partial charge in [0.2, 0.25) is 0 Å². The fourth-order valence-corrected chi connectivity index (χ4v) is 2.70. The minimum Gasteiger partial charge on any atom is -0.299 e. The Labute approximate surface area is 145 Å². The summed E-state index contributed by atoms with van der Waals surface area (Å²) in [6.45, 7) is 0. The zero-order chi connectivity index (χ0) is 17.1. The Morgan fingerprint density at radius 2 is 1.68 bits per heavy atom. The van der Waals surface area contributed by atoms with Gasteiger partial charge in [0.05, 0.1) is 11.0 Å². The summed E-state index contributed by atoms with van der Waals surface area (Å²) in [5.74, 6) is -0.0351. The van der Waals surface area contributed by atoms with Gasteiger partial charge in [-0.05, 0) is 48.0 Å². The number of nitrogens with zero attached hydrogens (tertiary/aromatic N) is 3. The quantitative estimate of drug-likeness (QED) is 0.415. The molecule has 4 rings (SSSR count). The molecule has 4 aromatic rings. The molecule has 2 heterocycles. The first-order valence-corrected chi connectivity index (χ1v) is 7.96. The Balaban J connectivity index is 1.56. The fraction of sp³-hybridized carbons (Fsp3) is 0. The molecule has 25 heavy (non-hydrogen) atoms. The van der Waals surface area contributed by atoms with Crippen LogP contribution >= 0.6 is 0 Å². The second kappa shape index (κ2) is 6.53. The molecule has 0 amide bonds. The molecule has 0 saturated carbocycles. The molecule has 0 aliphatic heterocycles. The Hall–Kier alpha value is -3.53. The third kappa shape index (κ3) is 3.10. The van der Waals surface area contributed by atoms with Crippen molar-refractivity contribution < 1.29 is 4.79 Å². The molecule has 120 valence electrons. The minimum absolute atomic E-state index is 0.0351. The van der Waals surface area contributed by atoms with Gasteiger partial charge in [0.25, 0.3) is 0 Å². The van der Waals surface area contributed by atoms with Crippen LogP contribution in [0.4, 0.5) is 0 Å². The van der Waals surface area contributed by atoms with E-state index in [1.165, 1.54) is 0 Å². The highest BCUT2D eigenvalue weighted by atomic mass is 16.1. The molecule has 2 aromatic heterocycles. The van der Waals surface area contributed by atoms with E-state index in [0.29, 0.717) is 5.56 Å². The first-order chi connectivity index (χ1) is 12.3. The third-order valence-corrected chi connectivity index (χ3v) is 4.02. The largest absolute Gasteiger partial charge is 0.299 e. The summed E-state index contributed by atoms with van der Waals surface area (Å²) in [6, 6.07) is 19.4. The predicted molar refractivity (Wildman–Crippen MR) is 98.7 cm³/mol. The maximum atomic E-state index is 12.1. The van der Waals surface area contributed by atoms with Crippen LogP contribution in [0.3, 0.4) is 0 Å². The standard InChI is InChI=1S/C21H15N3O/c25-21(17-11-13-22-14-12-17)10-7-16-5-8-18(9-6-16)24-15-23-19-3-1-2-4-20(19)24/h1-15H/b10-7+. The average Bonchev–Trinajstić information content (AvgIpc) is 3.11. The van der Waals surface area contributed by atoms with Gasteiger partial charge in [-0.15, -0.1) is 0 Å². The SMILES string of the molecule is O=C(/C=C/c1ccc(-n2cnc3ccccc32)cc1)c1ccncc1. The van der Waals surface area contributed by atoms with E-state index in [1.807, 2.05) is 65.5 Å². The number of benzene rings is 2. The molecule has 0 radical (unpaired) electrons. The van der Waals surface area contributed by atoms with Crippen LogP contribution < -0.4 is 0 Å². The lowest BCUT2D eigenvalue weighted by atomic mass is 10.1. The number of carbonyl (C=O) groups is 1. The minimum atomic E-state index is -0.0351. The van der Waals surface area contributed by atoms with Crippen LogP contribution in [0.2, 0.25) is 0 Å². The average molecular weight is 325 g/mol. The number of imidazole rings is 1. The topological polar surface area (TPSA) is 47.8 Å². The highest BCUT2D eigenvalue weighted by Gasteiger charge is 2.04. The van der Waals surface area contributed by atoms with Crippen LogP contribution in [-0.2, 0) is 0 Å². The van der Waals surface area contributed by atoms with Crippen molar-refractivity contribution in [1.29, 1.82) is 0 Å². The number of hydrogen-bond acceptors (Lipinski definition) is 3. The lowest BCUT2D eigenvalue weighted by molar-refractivity contribution is 0.104. The number of allylic oxidation sites excluding steroid dienone is 1. The smallest absolute Gasteiger partial charge is 0.185 e. The van der Waals surface area contributed by atoms with Crippen molar-refractivity contribution in [1.82, 2.24) is 14.5 Å². The van der Waals surface area contributed by atoms with Crippen LogP contribution in [0.1, 0.15) is 15.9 Å². The summed E-state index contributed by atoms with van der Waals surface area (Å²) in [4.78, 5) is 20.4. The normalized spacial score (nSPS) is 11.2. The maximum Gasteiger partial charge on any atom is 0.185 e. The Bertz CT molecular complexity index is 1050. The van der Waals surface area contributed by atoms with Gasteiger partial charge in [0.15, 0.2) is 5.78 Å². The summed E-state index contributed by atoms with van der Waals surface area (Å²) in [5.41, 5.74) is 4.67. The Morgan fingerprint density at radius 3 is 2.48 bits per heavy atom. The highest BCUT2D eigenvalue weighted by molar-refractivity contribution is 6.06. The van der Waals surface area contributed by atoms with Gasteiger partial charge in [-0.3, -0.25) is 14.3 Å². The summed E-state index contributed by atoms with van der Waals surface area (Å²) in [5, 5.41) is 0. The molecule has 0 N–H and O–H groups in total. The van der Waals surface area contributed by atoms with Gasteiger partial charge in [-0.25, -0.2) is 4.98 Å². The highest BCUT2D eigenvalue weighted by Crippen LogP contribution is 2.18. The van der Waals surface area contributed by atoms with Crippen molar-refractivity contribution in [2.45, 2.75) is 0 Å². The van der Waals surface area contributed by atoms with Crippen molar-refractivity contribution >= 4 is 22.9 Å². The van der Waals surface area contributed by atoms with Crippen LogP contribution in [0.15, 0.2) is 85.5 Å². The Kier molecular flexibility index (Phi) is 3.92. The zero-order valence-corrected chi connectivity index (χ0v) is 13.4. The van der Waals surface area contributed by atoms with Gasteiger partial charge in [0, 0.05) is 23.6 Å². The monoisotopic (exact) mass is 325 g/mol. The molecule has 0 atom stereocenters. The number of ketones is 1. The number of para-hydroxylation sites is 2. The molecule has 2 aromatic carbocycles. The van der Waals surface area contributed by atoms with E-state index >= 15 is 0 Å². The molecule has 4 nitrogen and oxygen atoms in total. The number of carbonyl (C=O) groups excluding carboxylic acids is 1. The van der Waals surface area contributed by atoms with Gasteiger partial charge >= 0.3 is 0 Å². The lowest BCUT2D eigenvalue weighted by Crippen LogP contribution is -1.94.